The molecule has 1 heterocycles. The Morgan fingerprint density at radius 3 is 0.961 bits per heavy atom. The molecule has 51 heavy (non-hydrogen) atoms. The minimum atomic E-state index is -0.902. The van der Waals surface area contributed by atoms with Crippen molar-refractivity contribution < 1.29 is 58.1 Å². The summed E-state index contributed by atoms with van der Waals surface area (Å²) >= 11 is 0. The summed E-state index contributed by atoms with van der Waals surface area (Å²) in [6.07, 6.45) is -1.75. The van der Waals surface area contributed by atoms with Crippen molar-refractivity contribution in [1.82, 2.24) is 15.0 Å². The number of hydrogen-bond donors (Lipinski definition) is 3. The molecule has 15 heteroatoms. The largest absolute Gasteiger partial charge is 0.507 e. The third kappa shape index (κ3) is 8.92. The topological polar surface area (TPSA) is 206 Å². The second-order valence-corrected chi connectivity index (χ2v) is 11.0. The smallest absolute Gasteiger partial charge is 0.347 e. The van der Waals surface area contributed by atoms with Crippen LogP contribution >= 0.6 is 0 Å². The molecule has 15 nitrogen and oxygen atoms in total. The lowest BCUT2D eigenvalue weighted by Crippen LogP contribution is -2.27. The summed E-state index contributed by atoms with van der Waals surface area (Å²) in [4.78, 5) is 49.7. The Morgan fingerprint density at radius 1 is 0.510 bits per heavy atom. The Labute approximate surface area is 293 Å². The molecular weight excluding hydrogens is 666 g/mol. The highest BCUT2D eigenvalue weighted by molar-refractivity contribution is 5.77. The lowest BCUT2D eigenvalue weighted by molar-refractivity contribution is -0.149. The number of rotatable bonds is 15. The molecule has 0 saturated heterocycles. The molecule has 3 atom stereocenters. The van der Waals surface area contributed by atoms with Gasteiger partial charge in [-0.05, 0) is 55.7 Å². The second-order valence-electron chi connectivity index (χ2n) is 11.0. The fourth-order valence-electron chi connectivity index (χ4n) is 4.84. The van der Waals surface area contributed by atoms with E-state index in [1.54, 1.807) is 20.8 Å². The van der Waals surface area contributed by atoms with Crippen LogP contribution in [0.25, 0.3) is 34.2 Å². The Kier molecular flexibility index (Phi) is 12.6. The van der Waals surface area contributed by atoms with Gasteiger partial charge in [-0.15, -0.1) is 0 Å². The van der Waals surface area contributed by atoms with Gasteiger partial charge in [0, 0.05) is 18.2 Å². The Bertz CT molecular complexity index is 1660. The maximum atomic E-state index is 12.1. The van der Waals surface area contributed by atoms with Crippen molar-refractivity contribution >= 4 is 17.9 Å². The monoisotopic (exact) mass is 705 g/mol. The van der Waals surface area contributed by atoms with E-state index in [0.29, 0.717) is 19.3 Å². The number of aromatic hydroxyl groups is 3. The number of hydrogen-bond acceptors (Lipinski definition) is 15. The first-order valence-corrected chi connectivity index (χ1v) is 16.0. The average Bonchev–Trinajstić information content (AvgIpc) is 3.13. The van der Waals surface area contributed by atoms with Crippen LogP contribution in [0.4, 0.5) is 0 Å². The first kappa shape index (κ1) is 37.7. The molecule has 4 aromatic rings. The summed E-state index contributed by atoms with van der Waals surface area (Å²) in [5, 5.41) is 33.2. The van der Waals surface area contributed by atoms with E-state index in [1.807, 2.05) is 0 Å². The van der Waals surface area contributed by atoms with Crippen molar-refractivity contribution in [3.63, 3.8) is 0 Å². The number of carbonyl (C=O) groups excluding carboxylic acids is 3. The number of esters is 3. The molecule has 4 rings (SSSR count). The summed E-state index contributed by atoms with van der Waals surface area (Å²) in [7, 11) is 3.74. The van der Waals surface area contributed by atoms with Crippen molar-refractivity contribution in [3.8, 4) is 68.7 Å². The molecule has 0 fully saturated rings. The van der Waals surface area contributed by atoms with Gasteiger partial charge in [-0.1, -0.05) is 20.8 Å². The molecule has 0 aliphatic rings. The van der Waals surface area contributed by atoms with Crippen molar-refractivity contribution in [2.24, 2.45) is 0 Å². The Balaban J connectivity index is 1.80. The van der Waals surface area contributed by atoms with Gasteiger partial charge in [0.1, 0.15) is 34.5 Å². The van der Waals surface area contributed by atoms with E-state index in [4.69, 9.17) is 28.4 Å². The van der Waals surface area contributed by atoms with Crippen molar-refractivity contribution in [3.05, 3.63) is 54.6 Å². The molecule has 3 aromatic carbocycles. The van der Waals surface area contributed by atoms with Gasteiger partial charge >= 0.3 is 17.9 Å². The summed E-state index contributed by atoms with van der Waals surface area (Å²) in [5.74, 6) is -2.26. The van der Waals surface area contributed by atoms with Gasteiger partial charge < -0.3 is 43.7 Å². The Hall–Kier alpha value is -6.12. The van der Waals surface area contributed by atoms with Gasteiger partial charge in [-0.25, -0.2) is 29.3 Å². The predicted octanol–water partition coefficient (Wildman–Crippen LogP) is 4.98. The highest BCUT2D eigenvalue weighted by Gasteiger charge is 2.24. The molecule has 3 N–H and O–H groups in total. The van der Waals surface area contributed by atoms with Gasteiger partial charge in [0.2, 0.25) is 0 Å². The molecule has 0 aliphatic carbocycles. The van der Waals surface area contributed by atoms with Crippen molar-refractivity contribution in [2.75, 3.05) is 21.3 Å². The summed E-state index contributed by atoms with van der Waals surface area (Å²) < 4.78 is 31.4. The number of phenolic OH excluding ortho intramolecular Hbond substituents is 3. The molecular formula is C36H39N3O12. The number of carbonyl (C=O) groups is 3. The van der Waals surface area contributed by atoms with E-state index in [9.17, 15) is 29.7 Å². The zero-order valence-electron chi connectivity index (χ0n) is 28.9. The van der Waals surface area contributed by atoms with Crippen LogP contribution in [-0.4, -0.2) is 87.8 Å². The van der Waals surface area contributed by atoms with E-state index in [-0.39, 0.29) is 68.7 Å². The van der Waals surface area contributed by atoms with Crippen LogP contribution in [0, 0.1) is 0 Å². The number of aromatic nitrogens is 3. The average molecular weight is 706 g/mol. The molecule has 270 valence electrons. The number of ether oxygens (including phenoxy) is 6. The zero-order chi connectivity index (χ0) is 37.2. The Morgan fingerprint density at radius 2 is 0.765 bits per heavy atom. The number of methoxy groups -OCH3 is 3. The fraction of sp³-hybridized carbons (Fsp3) is 0.333. The second kappa shape index (κ2) is 17.0. The van der Waals surface area contributed by atoms with Gasteiger partial charge in [0.15, 0.2) is 35.8 Å². The van der Waals surface area contributed by atoms with Crippen LogP contribution in [0.5, 0.6) is 34.5 Å². The van der Waals surface area contributed by atoms with E-state index in [2.05, 4.69) is 15.0 Å². The van der Waals surface area contributed by atoms with Crippen molar-refractivity contribution in [1.29, 1.82) is 0 Å². The molecule has 0 aliphatic heterocycles. The van der Waals surface area contributed by atoms with Crippen LogP contribution in [0.3, 0.4) is 0 Å². The first-order valence-electron chi connectivity index (χ1n) is 16.0. The van der Waals surface area contributed by atoms with Crippen LogP contribution < -0.4 is 14.2 Å². The zero-order valence-corrected chi connectivity index (χ0v) is 28.9. The maximum absolute atomic E-state index is 12.1. The SMILES string of the molecule is CCC(Oc1ccc(-c2nc(-c3ccc(OC(CC)C(=O)OC)cc3O)nc(-c3ccc(OC(CC)C(=O)OC)cc3O)n2)c(O)c1)C(=O)OC. The molecule has 1 aromatic heterocycles. The molecule has 0 spiro atoms. The van der Waals surface area contributed by atoms with Crippen LogP contribution in [0.1, 0.15) is 40.0 Å². The van der Waals surface area contributed by atoms with Gasteiger partial charge in [-0.3, -0.25) is 0 Å². The molecule has 0 amide bonds. The van der Waals surface area contributed by atoms with Gasteiger partial charge in [0.25, 0.3) is 0 Å². The number of benzene rings is 3. The highest BCUT2D eigenvalue weighted by Crippen LogP contribution is 2.38. The van der Waals surface area contributed by atoms with E-state index < -0.39 is 36.2 Å². The van der Waals surface area contributed by atoms with E-state index in [1.165, 1.54) is 75.9 Å². The molecule has 3 unspecified atom stereocenters. The lowest BCUT2D eigenvalue weighted by Gasteiger charge is -2.17. The molecule has 0 saturated carbocycles. The summed E-state index contributed by atoms with van der Waals surface area (Å²) in [6.45, 7) is 5.23. The number of phenols is 3. The van der Waals surface area contributed by atoms with E-state index in [0.717, 1.165) is 0 Å². The third-order valence-electron chi connectivity index (χ3n) is 7.61. The minimum absolute atomic E-state index is 0.0491. The highest BCUT2D eigenvalue weighted by atomic mass is 16.6. The van der Waals surface area contributed by atoms with Gasteiger partial charge in [-0.2, -0.15) is 0 Å². The maximum Gasteiger partial charge on any atom is 0.347 e. The lowest BCUT2D eigenvalue weighted by atomic mass is 10.1. The van der Waals surface area contributed by atoms with E-state index >= 15 is 0 Å². The minimum Gasteiger partial charge on any atom is -0.507 e. The van der Waals surface area contributed by atoms with Gasteiger partial charge in [0.05, 0.1) is 38.0 Å². The summed E-state index contributed by atoms with van der Waals surface area (Å²) in [6, 6.07) is 12.8. The molecule has 0 bridgehead atoms. The number of nitrogens with zero attached hydrogens (tertiary/aromatic N) is 3. The quantitative estimate of drug-likeness (QED) is 0.110. The third-order valence-corrected chi connectivity index (χ3v) is 7.61. The fourth-order valence-corrected chi connectivity index (χ4v) is 4.84. The first-order chi connectivity index (χ1) is 24.5. The van der Waals surface area contributed by atoms with Crippen LogP contribution in [0.15, 0.2) is 54.6 Å². The normalized spacial score (nSPS) is 12.6. The van der Waals surface area contributed by atoms with Crippen LogP contribution in [-0.2, 0) is 28.6 Å². The van der Waals surface area contributed by atoms with Crippen LogP contribution in [0.2, 0.25) is 0 Å². The summed E-state index contributed by atoms with van der Waals surface area (Å²) in [5.41, 5.74) is 0.389. The standard InChI is InChI=1S/C36H39N3O12/c1-7-28(34(43)46-4)49-19-10-13-22(25(40)16-19)31-37-32(23-14-11-20(17-26(23)41)50-29(8-2)35(44)47-5)39-33(38-31)24-15-12-21(18-27(24)42)51-30(9-3)36(45)48-6/h10-18,28-30,40-42H,7-9H2,1-6H3. The predicted molar refractivity (Wildman–Crippen MR) is 181 cm³/mol. The van der Waals surface area contributed by atoms with Crippen molar-refractivity contribution in [2.45, 2.75) is 58.3 Å². The molecule has 0 radical (unpaired) electrons.